The van der Waals surface area contributed by atoms with E-state index in [1.165, 1.54) is 10.6 Å². The molecule has 0 fully saturated rings. The number of hydrogen-bond acceptors (Lipinski definition) is 2. The van der Waals surface area contributed by atoms with Crippen LogP contribution in [0, 0.1) is 0 Å². The van der Waals surface area contributed by atoms with E-state index in [-0.39, 0.29) is 0 Å². The Hall–Kier alpha value is -1.64. The molecule has 2 aromatic carbocycles. The van der Waals surface area contributed by atoms with Gasteiger partial charge in [-0.1, -0.05) is 61.5 Å². The van der Waals surface area contributed by atoms with Crippen molar-refractivity contribution in [2.75, 3.05) is 0 Å². The third-order valence-corrected chi connectivity index (χ3v) is 3.00. The van der Waals surface area contributed by atoms with Gasteiger partial charge in [-0.05, 0) is 23.1 Å². The predicted octanol–water partition coefficient (Wildman–Crippen LogP) is 3.64. The minimum Gasteiger partial charge on any atom is -0.313 e. The van der Waals surface area contributed by atoms with Crippen LogP contribution >= 0.6 is 0 Å². The molecule has 1 N–H and O–H groups in total. The van der Waals surface area contributed by atoms with Gasteiger partial charge in [0, 0.05) is 13.1 Å². The number of benzene rings is 2. The summed E-state index contributed by atoms with van der Waals surface area (Å²) in [6, 6.07) is 18.4. The van der Waals surface area contributed by atoms with Crippen LogP contribution in [0.1, 0.15) is 23.6 Å². The van der Waals surface area contributed by atoms with Gasteiger partial charge in [-0.15, -0.1) is 0 Å². The summed E-state index contributed by atoms with van der Waals surface area (Å²) in [7, 11) is 0. The van der Waals surface area contributed by atoms with Crippen molar-refractivity contribution < 1.29 is 5.21 Å². The summed E-state index contributed by atoms with van der Waals surface area (Å²) in [6.45, 7) is 3.25. The van der Waals surface area contributed by atoms with Crippen LogP contribution in [0.2, 0.25) is 0 Å². The fraction of sp³-hybridized carbons (Fsp3) is 0.250. The largest absolute Gasteiger partial charge is 0.313 e. The van der Waals surface area contributed by atoms with E-state index in [4.69, 9.17) is 0 Å². The van der Waals surface area contributed by atoms with E-state index in [0.29, 0.717) is 13.1 Å². The Balaban J connectivity index is 1.92. The Bertz CT molecular complexity index is 464. The van der Waals surface area contributed by atoms with Crippen molar-refractivity contribution in [2.45, 2.75) is 26.4 Å². The molecule has 0 radical (unpaired) electrons. The molecule has 2 aromatic rings. The molecule has 18 heavy (non-hydrogen) atoms. The van der Waals surface area contributed by atoms with Gasteiger partial charge in [-0.3, -0.25) is 0 Å². The molecule has 2 nitrogen and oxygen atoms in total. The molecular weight excluding hydrogens is 222 g/mol. The first-order valence-electron chi connectivity index (χ1n) is 6.33. The lowest BCUT2D eigenvalue weighted by Crippen LogP contribution is -2.17. The molecule has 0 amide bonds. The van der Waals surface area contributed by atoms with Gasteiger partial charge in [0.15, 0.2) is 0 Å². The molecule has 2 rings (SSSR count). The zero-order chi connectivity index (χ0) is 12.8. The Labute approximate surface area is 108 Å². The van der Waals surface area contributed by atoms with Crippen LogP contribution in [-0.2, 0) is 19.5 Å². The second kappa shape index (κ2) is 6.34. The SMILES string of the molecule is CCc1ccc(CN(O)Cc2ccccc2)cc1. The van der Waals surface area contributed by atoms with Gasteiger partial charge in [-0.2, -0.15) is 5.06 Å². The highest BCUT2D eigenvalue weighted by molar-refractivity contribution is 5.22. The quantitative estimate of drug-likeness (QED) is 0.808. The van der Waals surface area contributed by atoms with Gasteiger partial charge in [0.25, 0.3) is 0 Å². The van der Waals surface area contributed by atoms with Crippen molar-refractivity contribution >= 4 is 0 Å². The minimum atomic E-state index is 0.552. The van der Waals surface area contributed by atoms with Gasteiger partial charge >= 0.3 is 0 Å². The average Bonchev–Trinajstić information content (AvgIpc) is 2.40. The number of rotatable bonds is 5. The van der Waals surface area contributed by atoms with E-state index >= 15 is 0 Å². The highest BCUT2D eigenvalue weighted by Gasteiger charge is 2.03. The molecule has 0 bridgehead atoms. The second-order valence-corrected chi connectivity index (χ2v) is 4.48. The number of hydrogen-bond donors (Lipinski definition) is 1. The van der Waals surface area contributed by atoms with E-state index < -0.39 is 0 Å². The summed E-state index contributed by atoms with van der Waals surface area (Å²) >= 11 is 0. The topological polar surface area (TPSA) is 23.5 Å². The van der Waals surface area contributed by atoms with Gasteiger partial charge in [-0.25, -0.2) is 0 Å². The summed E-state index contributed by atoms with van der Waals surface area (Å²) in [5, 5.41) is 11.3. The van der Waals surface area contributed by atoms with Crippen LogP contribution in [0.4, 0.5) is 0 Å². The molecule has 0 aromatic heterocycles. The lowest BCUT2D eigenvalue weighted by atomic mass is 10.1. The van der Waals surface area contributed by atoms with E-state index in [0.717, 1.165) is 17.5 Å². The molecule has 0 spiro atoms. The summed E-state index contributed by atoms with van der Waals surface area (Å²) in [4.78, 5) is 0. The lowest BCUT2D eigenvalue weighted by Gasteiger charge is -2.15. The zero-order valence-corrected chi connectivity index (χ0v) is 10.7. The Morgan fingerprint density at radius 3 is 1.83 bits per heavy atom. The molecule has 0 heterocycles. The van der Waals surface area contributed by atoms with Crippen molar-refractivity contribution in [3.8, 4) is 0 Å². The van der Waals surface area contributed by atoms with Gasteiger partial charge in [0.2, 0.25) is 0 Å². The predicted molar refractivity (Wildman–Crippen MR) is 73.3 cm³/mol. The van der Waals surface area contributed by atoms with Crippen molar-refractivity contribution in [1.82, 2.24) is 5.06 Å². The maximum absolute atomic E-state index is 9.92. The average molecular weight is 241 g/mol. The third kappa shape index (κ3) is 3.69. The molecule has 0 aliphatic carbocycles. The maximum Gasteiger partial charge on any atom is 0.0492 e. The first-order valence-corrected chi connectivity index (χ1v) is 6.33. The van der Waals surface area contributed by atoms with Crippen LogP contribution in [-0.4, -0.2) is 10.3 Å². The fourth-order valence-corrected chi connectivity index (χ4v) is 1.94. The van der Waals surface area contributed by atoms with E-state index in [1.54, 1.807) is 0 Å². The van der Waals surface area contributed by atoms with E-state index in [2.05, 4.69) is 31.2 Å². The van der Waals surface area contributed by atoms with Crippen LogP contribution in [0.5, 0.6) is 0 Å². The third-order valence-electron chi connectivity index (χ3n) is 3.00. The molecule has 0 atom stereocenters. The first-order chi connectivity index (χ1) is 8.78. The Morgan fingerprint density at radius 1 is 0.778 bits per heavy atom. The molecule has 0 saturated carbocycles. The summed E-state index contributed by atoms with van der Waals surface area (Å²) in [5.74, 6) is 0. The zero-order valence-electron chi connectivity index (χ0n) is 10.7. The fourth-order valence-electron chi connectivity index (χ4n) is 1.94. The minimum absolute atomic E-state index is 0.552. The van der Waals surface area contributed by atoms with Crippen molar-refractivity contribution in [3.63, 3.8) is 0 Å². The molecule has 2 heteroatoms. The summed E-state index contributed by atoms with van der Waals surface area (Å²) in [6.07, 6.45) is 1.05. The molecule has 0 aliphatic rings. The summed E-state index contributed by atoms with van der Waals surface area (Å²) in [5.41, 5.74) is 3.57. The van der Waals surface area contributed by atoms with Crippen molar-refractivity contribution in [2.24, 2.45) is 0 Å². The van der Waals surface area contributed by atoms with Crippen LogP contribution in [0.15, 0.2) is 54.6 Å². The Morgan fingerprint density at radius 2 is 1.28 bits per heavy atom. The van der Waals surface area contributed by atoms with Gasteiger partial charge in [0.1, 0.15) is 0 Å². The standard InChI is InChI=1S/C16H19NO/c1-2-14-8-10-16(11-9-14)13-17(18)12-15-6-4-3-5-7-15/h3-11,18H,2,12-13H2,1H3. The van der Waals surface area contributed by atoms with Crippen LogP contribution < -0.4 is 0 Å². The van der Waals surface area contributed by atoms with Crippen molar-refractivity contribution in [3.05, 3.63) is 71.3 Å². The number of aryl methyl sites for hydroxylation is 1. The Kier molecular flexibility index (Phi) is 4.51. The monoisotopic (exact) mass is 241 g/mol. The lowest BCUT2D eigenvalue weighted by molar-refractivity contribution is -0.108. The number of hydroxylamine groups is 2. The molecule has 0 saturated heterocycles. The van der Waals surface area contributed by atoms with Gasteiger partial charge < -0.3 is 5.21 Å². The molecule has 0 aliphatic heterocycles. The number of nitrogens with zero attached hydrogens (tertiary/aromatic N) is 1. The van der Waals surface area contributed by atoms with Crippen molar-refractivity contribution in [1.29, 1.82) is 0 Å². The molecule has 0 unspecified atom stereocenters. The molecular formula is C16H19NO. The maximum atomic E-state index is 9.92. The molecule has 94 valence electrons. The highest BCUT2D eigenvalue weighted by Crippen LogP contribution is 2.09. The highest BCUT2D eigenvalue weighted by atomic mass is 16.5. The first kappa shape index (κ1) is 12.8. The van der Waals surface area contributed by atoms with E-state index in [1.807, 2.05) is 30.3 Å². The van der Waals surface area contributed by atoms with Gasteiger partial charge in [0.05, 0.1) is 0 Å². The van der Waals surface area contributed by atoms with E-state index in [9.17, 15) is 5.21 Å². The van der Waals surface area contributed by atoms with Crippen LogP contribution in [0.3, 0.4) is 0 Å². The smallest absolute Gasteiger partial charge is 0.0492 e. The normalized spacial score (nSPS) is 10.8. The van der Waals surface area contributed by atoms with Crippen LogP contribution in [0.25, 0.3) is 0 Å². The summed E-state index contributed by atoms with van der Waals surface area (Å²) < 4.78 is 0. The second-order valence-electron chi connectivity index (χ2n) is 4.48.